The van der Waals surface area contributed by atoms with E-state index < -0.39 is 20.7 Å². The van der Waals surface area contributed by atoms with Crippen molar-refractivity contribution in [2.24, 2.45) is 0 Å². The SMILES string of the molecule is O=S(=O)(NCCCc1ncc[nH]1)c1ccc(CO)cc1F. The fourth-order valence-electron chi connectivity index (χ4n) is 1.84. The molecule has 8 heteroatoms. The molecule has 0 atom stereocenters. The zero-order valence-electron chi connectivity index (χ0n) is 11.2. The Hall–Kier alpha value is -1.77. The molecule has 3 N–H and O–H groups in total. The smallest absolute Gasteiger partial charge is 0.243 e. The standard InChI is InChI=1S/C13H16FN3O3S/c14-11-8-10(9-18)3-4-12(11)21(19,20)17-5-1-2-13-15-6-7-16-13/h3-4,6-8,17-18H,1-2,5,9H2,(H,15,16). The van der Waals surface area contributed by atoms with Crippen LogP contribution in [-0.2, 0) is 23.1 Å². The summed E-state index contributed by atoms with van der Waals surface area (Å²) < 4.78 is 40.0. The molecule has 114 valence electrons. The summed E-state index contributed by atoms with van der Waals surface area (Å²) in [5.41, 5.74) is 0.323. The highest BCUT2D eigenvalue weighted by molar-refractivity contribution is 7.89. The molecule has 1 aromatic carbocycles. The third-order valence-corrected chi connectivity index (χ3v) is 4.40. The maximum Gasteiger partial charge on any atom is 0.243 e. The number of halogens is 1. The van der Waals surface area contributed by atoms with E-state index in [-0.39, 0.29) is 13.2 Å². The molecule has 0 radical (unpaired) electrons. The molecule has 1 aromatic heterocycles. The second kappa shape index (κ2) is 6.79. The van der Waals surface area contributed by atoms with E-state index in [1.807, 2.05) is 0 Å². The molecule has 0 aliphatic rings. The Labute approximate surface area is 122 Å². The average molecular weight is 313 g/mol. The highest BCUT2D eigenvalue weighted by Gasteiger charge is 2.18. The first-order valence-electron chi connectivity index (χ1n) is 6.40. The van der Waals surface area contributed by atoms with Crippen molar-refractivity contribution in [3.63, 3.8) is 0 Å². The van der Waals surface area contributed by atoms with E-state index in [0.717, 1.165) is 18.0 Å². The number of hydrogen-bond acceptors (Lipinski definition) is 4. The molecule has 2 rings (SSSR count). The molecule has 0 amide bonds. The summed E-state index contributed by atoms with van der Waals surface area (Å²) in [6, 6.07) is 3.54. The zero-order valence-corrected chi connectivity index (χ0v) is 12.0. The van der Waals surface area contributed by atoms with Gasteiger partial charge < -0.3 is 10.1 Å². The monoisotopic (exact) mass is 313 g/mol. The molecule has 0 saturated carbocycles. The van der Waals surface area contributed by atoms with Gasteiger partial charge in [-0.1, -0.05) is 6.07 Å². The normalized spacial score (nSPS) is 11.7. The first-order chi connectivity index (χ1) is 10.0. The van der Waals surface area contributed by atoms with E-state index in [2.05, 4.69) is 14.7 Å². The minimum Gasteiger partial charge on any atom is -0.392 e. The zero-order chi connectivity index (χ0) is 15.3. The second-order valence-corrected chi connectivity index (χ2v) is 6.20. The number of nitrogens with zero attached hydrogens (tertiary/aromatic N) is 1. The molecule has 0 spiro atoms. The van der Waals surface area contributed by atoms with Crippen molar-refractivity contribution in [2.45, 2.75) is 24.3 Å². The number of imidazole rings is 1. The van der Waals surface area contributed by atoms with E-state index in [1.54, 1.807) is 12.4 Å². The van der Waals surface area contributed by atoms with Crippen LogP contribution >= 0.6 is 0 Å². The van der Waals surface area contributed by atoms with Gasteiger partial charge in [-0.25, -0.2) is 22.5 Å². The molecule has 1 heterocycles. The van der Waals surface area contributed by atoms with Gasteiger partial charge in [0.25, 0.3) is 0 Å². The first-order valence-corrected chi connectivity index (χ1v) is 7.88. The van der Waals surface area contributed by atoms with Crippen molar-refractivity contribution in [1.29, 1.82) is 0 Å². The van der Waals surface area contributed by atoms with Crippen molar-refractivity contribution in [3.05, 3.63) is 47.8 Å². The predicted octanol–water partition coefficient (Wildman–Crippen LogP) is 0.952. The van der Waals surface area contributed by atoms with Gasteiger partial charge in [0.05, 0.1) is 6.61 Å². The Balaban J connectivity index is 1.95. The summed E-state index contributed by atoms with van der Waals surface area (Å²) in [7, 11) is -3.89. The van der Waals surface area contributed by atoms with Crippen LogP contribution in [0.4, 0.5) is 4.39 Å². The minimum atomic E-state index is -3.89. The lowest BCUT2D eigenvalue weighted by atomic mass is 10.2. The van der Waals surface area contributed by atoms with Gasteiger partial charge in [0.2, 0.25) is 10.0 Å². The Bertz CT molecular complexity index is 687. The van der Waals surface area contributed by atoms with Gasteiger partial charge in [-0.3, -0.25) is 0 Å². The largest absolute Gasteiger partial charge is 0.392 e. The van der Waals surface area contributed by atoms with E-state index >= 15 is 0 Å². The number of H-pyrrole nitrogens is 1. The Morgan fingerprint density at radius 3 is 2.81 bits per heavy atom. The summed E-state index contributed by atoms with van der Waals surface area (Å²) in [6.45, 7) is -0.155. The molecule has 0 aliphatic carbocycles. The molecule has 6 nitrogen and oxygen atoms in total. The lowest BCUT2D eigenvalue weighted by molar-refractivity contribution is 0.281. The molecular formula is C13H16FN3O3S. The van der Waals surface area contributed by atoms with E-state index in [0.29, 0.717) is 18.4 Å². The van der Waals surface area contributed by atoms with Gasteiger partial charge in [-0.15, -0.1) is 0 Å². The molecule has 0 aliphatic heterocycles. The Kier molecular flexibility index (Phi) is 5.05. The number of aromatic nitrogens is 2. The lowest BCUT2D eigenvalue weighted by Gasteiger charge is -2.08. The summed E-state index contributed by atoms with van der Waals surface area (Å²) in [6.07, 6.45) is 4.46. The van der Waals surface area contributed by atoms with E-state index in [9.17, 15) is 12.8 Å². The summed E-state index contributed by atoms with van der Waals surface area (Å²) in [4.78, 5) is 6.52. The molecule has 21 heavy (non-hydrogen) atoms. The van der Waals surface area contributed by atoms with Gasteiger partial charge in [-0.05, 0) is 24.1 Å². The highest BCUT2D eigenvalue weighted by Crippen LogP contribution is 2.16. The van der Waals surface area contributed by atoms with Crippen LogP contribution in [0.3, 0.4) is 0 Å². The average Bonchev–Trinajstić information content (AvgIpc) is 2.96. The maximum atomic E-state index is 13.7. The van der Waals surface area contributed by atoms with Crippen LogP contribution in [-0.4, -0.2) is 30.0 Å². The quantitative estimate of drug-likeness (QED) is 0.663. The first kappa shape index (κ1) is 15.6. The maximum absolute atomic E-state index is 13.7. The van der Waals surface area contributed by atoms with Gasteiger partial charge in [0.1, 0.15) is 16.5 Å². The Morgan fingerprint density at radius 2 is 2.19 bits per heavy atom. The predicted molar refractivity (Wildman–Crippen MR) is 74.4 cm³/mol. The van der Waals surface area contributed by atoms with Crippen LogP contribution in [0.1, 0.15) is 17.8 Å². The van der Waals surface area contributed by atoms with Gasteiger partial charge in [0, 0.05) is 25.4 Å². The number of aromatic amines is 1. The van der Waals surface area contributed by atoms with Crippen molar-refractivity contribution in [2.75, 3.05) is 6.54 Å². The van der Waals surface area contributed by atoms with E-state index in [4.69, 9.17) is 5.11 Å². The van der Waals surface area contributed by atoms with Crippen molar-refractivity contribution >= 4 is 10.0 Å². The summed E-state index contributed by atoms with van der Waals surface area (Å²) in [5.74, 6) is -0.104. The van der Waals surface area contributed by atoms with Crippen LogP contribution < -0.4 is 4.72 Å². The molecule has 0 saturated heterocycles. The molecule has 0 fully saturated rings. The van der Waals surface area contributed by atoms with Crippen molar-refractivity contribution in [1.82, 2.24) is 14.7 Å². The Morgan fingerprint density at radius 1 is 1.38 bits per heavy atom. The summed E-state index contributed by atoms with van der Waals surface area (Å²) in [5, 5.41) is 8.88. The summed E-state index contributed by atoms with van der Waals surface area (Å²) >= 11 is 0. The number of aliphatic hydroxyl groups excluding tert-OH is 1. The van der Waals surface area contributed by atoms with Crippen LogP contribution in [0.25, 0.3) is 0 Å². The number of rotatable bonds is 7. The van der Waals surface area contributed by atoms with Crippen LogP contribution in [0, 0.1) is 5.82 Å². The van der Waals surface area contributed by atoms with Crippen molar-refractivity contribution in [3.8, 4) is 0 Å². The van der Waals surface area contributed by atoms with Crippen LogP contribution in [0.15, 0.2) is 35.5 Å². The van der Waals surface area contributed by atoms with Crippen LogP contribution in [0.2, 0.25) is 0 Å². The molecule has 0 bridgehead atoms. The van der Waals surface area contributed by atoms with Crippen LogP contribution in [0.5, 0.6) is 0 Å². The third kappa shape index (κ3) is 4.10. The molecule has 2 aromatic rings. The van der Waals surface area contributed by atoms with Crippen molar-refractivity contribution < 1.29 is 17.9 Å². The molecule has 0 unspecified atom stereocenters. The highest BCUT2D eigenvalue weighted by atomic mass is 32.2. The topological polar surface area (TPSA) is 95.1 Å². The number of nitrogens with one attached hydrogen (secondary N) is 2. The van der Waals surface area contributed by atoms with E-state index in [1.165, 1.54) is 6.07 Å². The lowest BCUT2D eigenvalue weighted by Crippen LogP contribution is -2.26. The van der Waals surface area contributed by atoms with Gasteiger partial charge >= 0.3 is 0 Å². The molecular weight excluding hydrogens is 297 g/mol. The number of hydrogen-bond donors (Lipinski definition) is 3. The number of aliphatic hydroxyl groups is 1. The number of aryl methyl sites for hydroxylation is 1. The number of benzene rings is 1. The minimum absolute atomic E-state index is 0.185. The van der Waals surface area contributed by atoms with Gasteiger partial charge in [-0.2, -0.15) is 0 Å². The fraction of sp³-hybridized carbons (Fsp3) is 0.308. The fourth-order valence-corrected chi connectivity index (χ4v) is 2.97. The third-order valence-electron chi connectivity index (χ3n) is 2.91. The van der Waals surface area contributed by atoms with Gasteiger partial charge in [0.15, 0.2) is 0 Å². The second-order valence-electron chi connectivity index (χ2n) is 4.46. The number of sulfonamides is 1.